The number of aliphatic hydroxyl groups is 1. The molecule has 136 valence electrons. The van der Waals surface area contributed by atoms with Crippen LogP contribution in [-0.2, 0) is 10.0 Å². The average molecular weight is 399 g/mol. The predicted molar refractivity (Wildman–Crippen MR) is 104 cm³/mol. The zero-order chi connectivity index (χ0) is 19.0. The van der Waals surface area contributed by atoms with Gasteiger partial charge in [-0.2, -0.15) is 0 Å². The average Bonchev–Trinajstić information content (AvgIpc) is 3.09. The van der Waals surface area contributed by atoms with Crippen molar-refractivity contribution in [2.45, 2.75) is 11.0 Å². The van der Waals surface area contributed by atoms with E-state index in [0.29, 0.717) is 16.0 Å². The van der Waals surface area contributed by atoms with E-state index in [1.165, 1.54) is 18.3 Å². The first kappa shape index (κ1) is 17.7. The molecule has 4 rings (SSSR count). The fraction of sp³-hybridized carbons (Fsp3) is 0.0500. The quantitative estimate of drug-likeness (QED) is 0.563. The number of halogens is 1. The fourth-order valence-corrected chi connectivity index (χ4v) is 4.64. The zero-order valence-electron chi connectivity index (χ0n) is 14.0. The number of hydrogen-bond donors (Lipinski definition) is 1. The minimum atomic E-state index is -3.95. The van der Waals surface area contributed by atoms with Gasteiger partial charge in [0.05, 0.1) is 10.6 Å². The lowest BCUT2D eigenvalue weighted by Gasteiger charge is -2.16. The Labute approximate surface area is 161 Å². The third-order valence-corrected chi connectivity index (χ3v) is 6.28. The number of rotatable bonds is 4. The first-order chi connectivity index (χ1) is 13.0. The summed E-state index contributed by atoms with van der Waals surface area (Å²) in [7, 11) is -3.95. The maximum Gasteiger partial charge on any atom is 0.269 e. The van der Waals surface area contributed by atoms with Gasteiger partial charge in [0.1, 0.15) is 6.10 Å². The van der Waals surface area contributed by atoms with Crippen LogP contribution in [-0.4, -0.2) is 22.5 Å². The topological polar surface area (TPSA) is 72.2 Å². The van der Waals surface area contributed by atoms with Gasteiger partial charge in [-0.1, -0.05) is 41.9 Å². The van der Waals surface area contributed by atoms with Crippen molar-refractivity contribution in [3.63, 3.8) is 0 Å². The van der Waals surface area contributed by atoms with Crippen LogP contribution < -0.4 is 0 Å². The van der Waals surface area contributed by atoms with Crippen LogP contribution in [0, 0.1) is 0 Å². The van der Waals surface area contributed by atoms with Crippen LogP contribution >= 0.6 is 11.6 Å². The molecule has 2 aromatic heterocycles. The van der Waals surface area contributed by atoms with Crippen LogP contribution in [0.4, 0.5) is 0 Å². The van der Waals surface area contributed by atoms with Crippen molar-refractivity contribution >= 4 is 32.7 Å². The molecule has 0 saturated heterocycles. The number of aromatic nitrogens is 2. The normalized spacial score (nSPS) is 13.0. The summed E-state index contributed by atoms with van der Waals surface area (Å²) in [5.41, 5.74) is 1.02. The maximum absolute atomic E-state index is 13.3. The van der Waals surface area contributed by atoms with E-state index in [1.54, 1.807) is 60.7 Å². The van der Waals surface area contributed by atoms with Gasteiger partial charge in [0.25, 0.3) is 10.0 Å². The van der Waals surface area contributed by atoms with Gasteiger partial charge in [-0.3, -0.25) is 0 Å². The van der Waals surface area contributed by atoms with Crippen LogP contribution in [0.2, 0.25) is 5.02 Å². The van der Waals surface area contributed by atoms with Gasteiger partial charge >= 0.3 is 0 Å². The summed E-state index contributed by atoms with van der Waals surface area (Å²) in [4.78, 5) is 4.36. The number of fused-ring (bicyclic) bond motifs is 1. The molecule has 2 heterocycles. The second-order valence-corrected chi connectivity index (χ2v) is 8.25. The van der Waals surface area contributed by atoms with Gasteiger partial charge in [-0.15, -0.1) is 0 Å². The molecule has 0 spiro atoms. The Morgan fingerprint density at radius 3 is 2.37 bits per heavy atom. The highest BCUT2D eigenvalue weighted by Crippen LogP contribution is 2.31. The molecule has 0 fully saturated rings. The van der Waals surface area contributed by atoms with Crippen LogP contribution in [0.5, 0.6) is 0 Å². The summed E-state index contributed by atoms with van der Waals surface area (Å²) < 4.78 is 27.7. The van der Waals surface area contributed by atoms with Gasteiger partial charge in [-0.25, -0.2) is 17.4 Å². The summed E-state index contributed by atoms with van der Waals surface area (Å²) in [6.45, 7) is 0. The number of nitrogens with zero attached hydrogens (tertiary/aromatic N) is 2. The van der Waals surface area contributed by atoms with Crippen molar-refractivity contribution in [2.24, 2.45) is 0 Å². The molecular formula is C20H15ClN2O3S. The zero-order valence-corrected chi connectivity index (χ0v) is 15.6. The molecule has 4 aromatic rings. The van der Waals surface area contributed by atoms with Gasteiger partial charge in [0.2, 0.25) is 0 Å². The van der Waals surface area contributed by atoms with Crippen molar-refractivity contribution in [2.75, 3.05) is 0 Å². The van der Waals surface area contributed by atoms with E-state index >= 15 is 0 Å². The molecule has 1 N–H and O–H groups in total. The largest absolute Gasteiger partial charge is 0.382 e. The first-order valence-corrected chi connectivity index (χ1v) is 10.0. The lowest BCUT2D eigenvalue weighted by Crippen LogP contribution is -2.18. The summed E-state index contributed by atoms with van der Waals surface area (Å²) in [5, 5.41) is 12.1. The van der Waals surface area contributed by atoms with Crippen LogP contribution in [0.15, 0.2) is 83.9 Å². The Balaban J connectivity index is 1.97. The Kier molecular flexibility index (Phi) is 4.47. The van der Waals surface area contributed by atoms with E-state index in [0.717, 1.165) is 3.97 Å². The lowest BCUT2D eigenvalue weighted by molar-refractivity contribution is 0.214. The molecule has 2 aromatic carbocycles. The van der Waals surface area contributed by atoms with E-state index in [2.05, 4.69) is 4.98 Å². The summed E-state index contributed by atoms with van der Waals surface area (Å²) in [5.74, 6) is 0. The van der Waals surface area contributed by atoms with Crippen molar-refractivity contribution in [3.8, 4) is 0 Å². The fourth-order valence-electron chi connectivity index (χ4n) is 2.99. The second kappa shape index (κ2) is 6.81. The Bertz CT molecular complexity index is 1200. The number of pyridine rings is 1. The molecule has 0 aliphatic heterocycles. The van der Waals surface area contributed by atoms with Gasteiger partial charge in [0.15, 0.2) is 5.65 Å². The van der Waals surface area contributed by atoms with Crippen molar-refractivity contribution in [1.29, 1.82) is 0 Å². The third-order valence-electron chi connectivity index (χ3n) is 4.29. The molecular weight excluding hydrogens is 384 g/mol. The molecule has 1 atom stereocenters. The maximum atomic E-state index is 13.3. The Morgan fingerprint density at radius 1 is 0.963 bits per heavy atom. The Hall–Kier alpha value is -2.67. The van der Waals surface area contributed by atoms with E-state index in [4.69, 9.17) is 11.6 Å². The van der Waals surface area contributed by atoms with Crippen molar-refractivity contribution in [1.82, 2.24) is 8.96 Å². The molecule has 0 radical (unpaired) electrons. The molecule has 7 heteroatoms. The van der Waals surface area contributed by atoms with Crippen LogP contribution in [0.3, 0.4) is 0 Å². The van der Waals surface area contributed by atoms with Gasteiger partial charge < -0.3 is 5.11 Å². The highest BCUT2D eigenvalue weighted by molar-refractivity contribution is 7.90. The molecule has 5 nitrogen and oxygen atoms in total. The van der Waals surface area contributed by atoms with E-state index < -0.39 is 16.1 Å². The van der Waals surface area contributed by atoms with Gasteiger partial charge in [-0.05, 0) is 48.0 Å². The highest BCUT2D eigenvalue weighted by Gasteiger charge is 2.27. The molecule has 0 bridgehead atoms. The monoisotopic (exact) mass is 398 g/mol. The summed E-state index contributed by atoms with van der Waals surface area (Å²) in [6, 6.07) is 19.8. The molecule has 0 amide bonds. The van der Waals surface area contributed by atoms with Crippen LogP contribution in [0.1, 0.15) is 17.4 Å². The summed E-state index contributed by atoms with van der Waals surface area (Å²) >= 11 is 5.92. The second-order valence-electron chi connectivity index (χ2n) is 6.02. The van der Waals surface area contributed by atoms with Crippen LogP contribution in [0.25, 0.3) is 11.0 Å². The lowest BCUT2D eigenvalue weighted by atomic mass is 10.1. The number of hydrogen-bond acceptors (Lipinski definition) is 4. The van der Waals surface area contributed by atoms with E-state index in [1.807, 2.05) is 0 Å². The smallest absolute Gasteiger partial charge is 0.269 e. The summed E-state index contributed by atoms with van der Waals surface area (Å²) in [6.07, 6.45) is 0.368. The van der Waals surface area contributed by atoms with Crippen molar-refractivity contribution < 1.29 is 13.5 Å². The number of aliphatic hydroxyl groups excluding tert-OH is 1. The Morgan fingerprint density at radius 2 is 1.67 bits per heavy atom. The minimum absolute atomic E-state index is 0.123. The minimum Gasteiger partial charge on any atom is -0.382 e. The van der Waals surface area contributed by atoms with Crippen molar-refractivity contribution in [3.05, 3.63) is 95.3 Å². The molecule has 27 heavy (non-hydrogen) atoms. The predicted octanol–water partition coefficient (Wildman–Crippen LogP) is 4.01. The first-order valence-electron chi connectivity index (χ1n) is 8.19. The van der Waals surface area contributed by atoms with E-state index in [-0.39, 0.29) is 16.2 Å². The molecule has 1 unspecified atom stereocenters. The van der Waals surface area contributed by atoms with Gasteiger partial charge in [0, 0.05) is 16.6 Å². The molecule has 0 aliphatic rings. The third kappa shape index (κ3) is 3.12. The highest BCUT2D eigenvalue weighted by atomic mass is 35.5. The van der Waals surface area contributed by atoms with E-state index in [9.17, 15) is 13.5 Å². The standard InChI is InChI=1S/C20H15ClN2O3S/c21-16-10-8-14(9-11-16)19(24)18-13-15-5-4-12-22-20(15)23(18)27(25,26)17-6-2-1-3-7-17/h1-13,19,24H. The molecule has 0 saturated carbocycles. The molecule has 0 aliphatic carbocycles. The SMILES string of the molecule is O=S(=O)(c1ccccc1)n1c(C(O)c2ccc(Cl)cc2)cc2cccnc21. The number of benzene rings is 2.